The molecule has 0 atom stereocenters. The number of hydrogen-bond donors (Lipinski definition) is 1. The Balaban J connectivity index is 1.88. The minimum absolute atomic E-state index is 0.0133. The number of ketones is 1. The lowest BCUT2D eigenvalue weighted by molar-refractivity contribution is 0.0899. The molecule has 17 heavy (non-hydrogen) atoms. The van der Waals surface area contributed by atoms with Gasteiger partial charge in [0.05, 0.1) is 6.61 Å². The maximum Gasteiger partial charge on any atom is 0.227 e. The number of hydrogen-bond acceptors (Lipinski definition) is 3. The van der Waals surface area contributed by atoms with E-state index >= 15 is 0 Å². The predicted molar refractivity (Wildman–Crippen MR) is 64.6 cm³/mol. The summed E-state index contributed by atoms with van der Waals surface area (Å²) in [5.74, 6) is 0.529. The fraction of sp³-hybridized carbons (Fsp3) is 0.357. The van der Waals surface area contributed by atoms with Gasteiger partial charge in [-0.1, -0.05) is 12.1 Å². The summed E-state index contributed by atoms with van der Waals surface area (Å²) >= 11 is 0. The third-order valence-electron chi connectivity index (χ3n) is 3.26. The maximum atomic E-state index is 12.2. The van der Waals surface area contributed by atoms with E-state index in [1.54, 1.807) is 0 Å². The molecule has 3 rings (SSSR count). The Morgan fingerprint density at radius 1 is 1.24 bits per heavy atom. The van der Waals surface area contributed by atoms with E-state index in [4.69, 9.17) is 4.74 Å². The Morgan fingerprint density at radius 2 is 2.12 bits per heavy atom. The van der Waals surface area contributed by atoms with E-state index in [-0.39, 0.29) is 5.78 Å². The Kier molecular flexibility index (Phi) is 2.69. The van der Waals surface area contributed by atoms with Crippen molar-refractivity contribution in [3.63, 3.8) is 0 Å². The van der Waals surface area contributed by atoms with Crippen LogP contribution in [0.15, 0.2) is 30.0 Å². The molecule has 2 aliphatic rings. The van der Waals surface area contributed by atoms with Crippen molar-refractivity contribution >= 4 is 5.78 Å². The highest BCUT2D eigenvalue weighted by Crippen LogP contribution is 2.21. The van der Waals surface area contributed by atoms with Crippen molar-refractivity contribution in [3.05, 3.63) is 46.7 Å². The zero-order chi connectivity index (χ0) is 11.7. The summed E-state index contributed by atoms with van der Waals surface area (Å²) in [5, 5.41) is 3.28. The second kappa shape index (κ2) is 4.34. The SMILES string of the molecule is O=C(C1=CCCCO1)c1ccc2c(c1)CNC2. The predicted octanol–water partition coefficient (Wildman–Crippen LogP) is 2.17. The normalized spacial score (nSPS) is 18.2. The highest BCUT2D eigenvalue weighted by molar-refractivity contribution is 6.07. The number of allylic oxidation sites excluding steroid dienone is 2. The van der Waals surface area contributed by atoms with Crippen LogP contribution in [0.1, 0.15) is 34.3 Å². The quantitative estimate of drug-likeness (QED) is 0.790. The number of rotatable bonds is 2. The van der Waals surface area contributed by atoms with Gasteiger partial charge in [-0.2, -0.15) is 0 Å². The smallest absolute Gasteiger partial charge is 0.227 e. The Bertz CT molecular complexity index is 491. The molecule has 0 radical (unpaired) electrons. The molecule has 3 heteroatoms. The Labute approximate surface area is 100 Å². The van der Waals surface area contributed by atoms with Crippen LogP contribution >= 0.6 is 0 Å². The summed E-state index contributed by atoms with van der Waals surface area (Å²) < 4.78 is 5.41. The lowest BCUT2D eigenvalue weighted by atomic mass is 10.0. The van der Waals surface area contributed by atoms with Crippen LogP contribution in [0.3, 0.4) is 0 Å². The van der Waals surface area contributed by atoms with Crippen LogP contribution in [0.4, 0.5) is 0 Å². The molecule has 0 fully saturated rings. The van der Waals surface area contributed by atoms with Gasteiger partial charge in [0.2, 0.25) is 5.78 Å². The first-order valence-electron chi connectivity index (χ1n) is 6.05. The maximum absolute atomic E-state index is 12.2. The fourth-order valence-electron chi connectivity index (χ4n) is 2.29. The monoisotopic (exact) mass is 229 g/mol. The molecule has 1 aromatic rings. The van der Waals surface area contributed by atoms with E-state index in [1.807, 2.05) is 24.3 Å². The van der Waals surface area contributed by atoms with Crippen molar-refractivity contribution in [2.45, 2.75) is 25.9 Å². The Hall–Kier alpha value is -1.61. The molecule has 0 spiro atoms. The Morgan fingerprint density at radius 3 is 2.94 bits per heavy atom. The molecule has 0 unspecified atom stereocenters. The van der Waals surface area contributed by atoms with Gasteiger partial charge in [0.1, 0.15) is 0 Å². The molecule has 0 aliphatic carbocycles. The summed E-state index contributed by atoms with van der Waals surface area (Å²) in [4.78, 5) is 12.2. The number of carbonyl (C=O) groups excluding carboxylic acids is 1. The second-order valence-corrected chi connectivity index (χ2v) is 4.48. The van der Waals surface area contributed by atoms with E-state index in [9.17, 15) is 4.79 Å². The number of benzene rings is 1. The molecule has 1 N–H and O–H groups in total. The molecule has 2 heterocycles. The van der Waals surface area contributed by atoms with Crippen LogP contribution in [0.25, 0.3) is 0 Å². The molecule has 1 aromatic carbocycles. The summed E-state index contributed by atoms with van der Waals surface area (Å²) in [7, 11) is 0. The third-order valence-corrected chi connectivity index (χ3v) is 3.26. The largest absolute Gasteiger partial charge is 0.490 e. The van der Waals surface area contributed by atoms with Crippen LogP contribution in [-0.2, 0) is 17.8 Å². The fourth-order valence-corrected chi connectivity index (χ4v) is 2.29. The van der Waals surface area contributed by atoms with Crippen molar-refractivity contribution in [2.24, 2.45) is 0 Å². The van der Waals surface area contributed by atoms with Gasteiger partial charge in [-0.15, -0.1) is 0 Å². The summed E-state index contributed by atoms with van der Waals surface area (Å²) in [6.45, 7) is 2.42. The minimum atomic E-state index is 0.0133. The highest BCUT2D eigenvalue weighted by atomic mass is 16.5. The van der Waals surface area contributed by atoms with Crippen LogP contribution in [0.2, 0.25) is 0 Å². The molecule has 0 saturated carbocycles. The van der Waals surface area contributed by atoms with Crippen LogP contribution in [0.5, 0.6) is 0 Å². The van der Waals surface area contributed by atoms with Gasteiger partial charge < -0.3 is 10.1 Å². The number of Topliss-reactive ketones (excluding diaryl/α,β-unsaturated/α-hetero) is 1. The van der Waals surface area contributed by atoms with E-state index in [2.05, 4.69) is 5.32 Å². The molecule has 0 aromatic heterocycles. The van der Waals surface area contributed by atoms with E-state index in [1.165, 1.54) is 11.1 Å². The van der Waals surface area contributed by atoms with Gasteiger partial charge in [-0.25, -0.2) is 0 Å². The van der Waals surface area contributed by atoms with Crippen molar-refractivity contribution < 1.29 is 9.53 Å². The molecule has 2 aliphatic heterocycles. The molecule has 0 bridgehead atoms. The van der Waals surface area contributed by atoms with Gasteiger partial charge in [0, 0.05) is 18.7 Å². The first-order valence-corrected chi connectivity index (χ1v) is 6.05. The van der Waals surface area contributed by atoms with E-state index < -0.39 is 0 Å². The van der Waals surface area contributed by atoms with Gasteiger partial charge in [-0.05, 0) is 36.1 Å². The summed E-state index contributed by atoms with van der Waals surface area (Å²) in [6, 6.07) is 5.91. The van der Waals surface area contributed by atoms with Gasteiger partial charge in [0.25, 0.3) is 0 Å². The van der Waals surface area contributed by atoms with E-state index in [0.29, 0.717) is 12.4 Å². The highest BCUT2D eigenvalue weighted by Gasteiger charge is 2.18. The number of fused-ring (bicyclic) bond motifs is 1. The molecule has 3 nitrogen and oxygen atoms in total. The average molecular weight is 229 g/mol. The average Bonchev–Trinajstić information content (AvgIpc) is 2.86. The van der Waals surface area contributed by atoms with Crippen molar-refractivity contribution in [1.82, 2.24) is 5.32 Å². The van der Waals surface area contributed by atoms with Crippen LogP contribution in [0, 0.1) is 0 Å². The summed E-state index contributed by atoms with van der Waals surface area (Å²) in [6.07, 6.45) is 3.84. The molecule has 88 valence electrons. The van der Waals surface area contributed by atoms with Crippen molar-refractivity contribution in [2.75, 3.05) is 6.61 Å². The standard InChI is InChI=1S/C14H15NO2/c16-14(13-3-1-2-6-17-13)10-4-5-11-8-15-9-12(11)7-10/h3-5,7,15H,1-2,6,8-9H2. The molecule has 0 saturated heterocycles. The van der Waals surface area contributed by atoms with Gasteiger partial charge >= 0.3 is 0 Å². The molecule has 0 amide bonds. The van der Waals surface area contributed by atoms with Crippen molar-refractivity contribution in [3.8, 4) is 0 Å². The first-order chi connectivity index (χ1) is 8.34. The lowest BCUT2D eigenvalue weighted by Crippen LogP contribution is -2.11. The second-order valence-electron chi connectivity index (χ2n) is 4.48. The van der Waals surface area contributed by atoms with Crippen LogP contribution < -0.4 is 5.32 Å². The first kappa shape index (κ1) is 10.5. The number of nitrogens with one attached hydrogen (secondary N) is 1. The number of ether oxygens (including phenoxy) is 1. The lowest BCUT2D eigenvalue weighted by Gasteiger charge is -2.14. The third kappa shape index (κ3) is 1.98. The van der Waals surface area contributed by atoms with Crippen molar-refractivity contribution in [1.29, 1.82) is 0 Å². The number of carbonyl (C=O) groups is 1. The molecular weight excluding hydrogens is 214 g/mol. The molecular formula is C14H15NO2. The zero-order valence-corrected chi connectivity index (χ0v) is 9.66. The van der Waals surface area contributed by atoms with Gasteiger partial charge in [-0.3, -0.25) is 4.79 Å². The van der Waals surface area contributed by atoms with Crippen LogP contribution in [-0.4, -0.2) is 12.4 Å². The summed E-state index contributed by atoms with van der Waals surface area (Å²) in [5.41, 5.74) is 3.26. The van der Waals surface area contributed by atoms with E-state index in [0.717, 1.165) is 31.5 Å². The zero-order valence-electron chi connectivity index (χ0n) is 9.66. The van der Waals surface area contributed by atoms with Gasteiger partial charge in [0.15, 0.2) is 5.76 Å². The topological polar surface area (TPSA) is 38.3 Å². The minimum Gasteiger partial charge on any atom is -0.490 e.